The molecule has 0 aromatic heterocycles. The molecule has 0 spiro atoms. The fourth-order valence-electron chi connectivity index (χ4n) is 2.55. The SMILES string of the molecule is COC1C(C)C(=O)OC(CC(C)C(C)(C)C)C1C. The Morgan fingerprint density at radius 1 is 1.33 bits per heavy atom. The van der Waals surface area contributed by atoms with E-state index in [-0.39, 0.29) is 35.4 Å². The summed E-state index contributed by atoms with van der Waals surface area (Å²) in [6.07, 6.45) is 0.861. The predicted octanol–water partition coefficient (Wildman–Crippen LogP) is 3.27. The van der Waals surface area contributed by atoms with Gasteiger partial charge in [0.25, 0.3) is 0 Å². The number of carbonyl (C=O) groups excluding carboxylic acids is 1. The minimum absolute atomic E-state index is 0.0205. The largest absolute Gasteiger partial charge is 0.462 e. The standard InChI is InChI=1S/C15H28O3/c1-9(15(4,5)6)8-12-10(2)13(17-7)11(3)14(16)18-12/h9-13H,8H2,1-7H3. The maximum absolute atomic E-state index is 11.8. The lowest BCUT2D eigenvalue weighted by Crippen LogP contribution is -2.48. The number of ether oxygens (including phenoxy) is 2. The molecular weight excluding hydrogens is 228 g/mol. The van der Waals surface area contributed by atoms with Gasteiger partial charge in [-0.25, -0.2) is 0 Å². The zero-order chi connectivity index (χ0) is 14.1. The van der Waals surface area contributed by atoms with E-state index in [1.54, 1.807) is 7.11 Å². The van der Waals surface area contributed by atoms with Crippen LogP contribution < -0.4 is 0 Å². The van der Waals surface area contributed by atoms with Crippen molar-refractivity contribution in [2.75, 3.05) is 7.11 Å². The van der Waals surface area contributed by atoms with E-state index in [4.69, 9.17) is 9.47 Å². The van der Waals surface area contributed by atoms with Gasteiger partial charge in [0.05, 0.1) is 12.0 Å². The summed E-state index contributed by atoms with van der Waals surface area (Å²) in [5, 5.41) is 0. The fraction of sp³-hybridized carbons (Fsp3) is 0.933. The lowest BCUT2D eigenvalue weighted by molar-refractivity contribution is -0.182. The second-order valence-electron chi connectivity index (χ2n) is 6.83. The van der Waals surface area contributed by atoms with Crippen LogP contribution in [0.25, 0.3) is 0 Å². The number of methoxy groups -OCH3 is 1. The topological polar surface area (TPSA) is 35.5 Å². The van der Waals surface area contributed by atoms with Gasteiger partial charge in [0.15, 0.2) is 0 Å². The van der Waals surface area contributed by atoms with Gasteiger partial charge in [0.2, 0.25) is 0 Å². The molecule has 1 aliphatic heterocycles. The Bertz CT molecular complexity index is 293. The zero-order valence-electron chi connectivity index (χ0n) is 12.8. The monoisotopic (exact) mass is 256 g/mol. The van der Waals surface area contributed by atoms with Crippen LogP contribution in [0.15, 0.2) is 0 Å². The first-order valence-corrected chi connectivity index (χ1v) is 6.91. The normalized spacial score (nSPS) is 35.2. The van der Waals surface area contributed by atoms with Crippen molar-refractivity contribution in [1.82, 2.24) is 0 Å². The van der Waals surface area contributed by atoms with Crippen molar-refractivity contribution in [2.24, 2.45) is 23.2 Å². The highest BCUT2D eigenvalue weighted by atomic mass is 16.6. The van der Waals surface area contributed by atoms with E-state index in [0.29, 0.717) is 5.92 Å². The highest BCUT2D eigenvalue weighted by molar-refractivity contribution is 5.73. The van der Waals surface area contributed by atoms with Gasteiger partial charge in [-0.3, -0.25) is 4.79 Å². The van der Waals surface area contributed by atoms with E-state index in [9.17, 15) is 4.79 Å². The number of hydrogen-bond donors (Lipinski definition) is 0. The van der Waals surface area contributed by atoms with Crippen molar-refractivity contribution in [2.45, 2.75) is 60.2 Å². The Balaban J connectivity index is 2.75. The van der Waals surface area contributed by atoms with Gasteiger partial charge in [-0.2, -0.15) is 0 Å². The molecule has 0 amide bonds. The van der Waals surface area contributed by atoms with Gasteiger partial charge in [-0.1, -0.05) is 34.6 Å². The Morgan fingerprint density at radius 3 is 2.33 bits per heavy atom. The van der Waals surface area contributed by atoms with Crippen LogP contribution in [0.3, 0.4) is 0 Å². The van der Waals surface area contributed by atoms with Crippen molar-refractivity contribution in [1.29, 1.82) is 0 Å². The van der Waals surface area contributed by atoms with E-state index in [2.05, 4.69) is 34.6 Å². The van der Waals surface area contributed by atoms with Crippen LogP contribution in [-0.2, 0) is 14.3 Å². The highest BCUT2D eigenvalue weighted by Gasteiger charge is 2.42. The quantitative estimate of drug-likeness (QED) is 0.727. The second kappa shape index (κ2) is 5.60. The number of esters is 1. The summed E-state index contributed by atoms with van der Waals surface area (Å²) >= 11 is 0. The number of cyclic esters (lactones) is 1. The highest BCUT2D eigenvalue weighted by Crippen LogP contribution is 2.36. The Labute approximate surface area is 111 Å². The van der Waals surface area contributed by atoms with E-state index in [0.717, 1.165) is 6.42 Å². The molecule has 0 N–H and O–H groups in total. The third-order valence-corrected chi connectivity index (χ3v) is 4.57. The molecule has 0 aromatic carbocycles. The molecule has 3 nitrogen and oxygen atoms in total. The Kier molecular flexibility index (Phi) is 4.82. The molecule has 5 unspecified atom stereocenters. The van der Waals surface area contributed by atoms with Crippen LogP contribution in [0, 0.1) is 23.2 Å². The third kappa shape index (κ3) is 3.25. The molecule has 0 radical (unpaired) electrons. The van der Waals surface area contributed by atoms with E-state index in [1.807, 2.05) is 6.92 Å². The van der Waals surface area contributed by atoms with E-state index < -0.39 is 0 Å². The van der Waals surface area contributed by atoms with Crippen LogP contribution in [0.2, 0.25) is 0 Å². The van der Waals surface area contributed by atoms with Gasteiger partial charge < -0.3 is 9.47 Å². The maximum Gasteiger partial charge on any atom is 0.311 e. The minimum atomic E-state index is -0.161. The van der Waals surface area contributed by atoms with Crippen molar-refractivity contribution >= 4 is 5.97 Å². The molecule has 0 aliphatic carbocycles. The molecule has 0 saturated carbocycles. The molecule has 5 atom stereocenters. The van der Waals surface area contributed by atoms with Gasteiger partial charge in [0, 0.05) is 13.0 Å². The van der Waals surface area contributed by atoms with Crippen molar-refractivity contribution in [3.8, 4) is 0 Å². The van der Waals surface area contributed by atoms with Crippen LogP contribution in [0.4, 0.5) is 0 Å². The Morgan fingerprint density at radius 2 is 1.89 bits per heavy atom. The first-order valence-electron chi connectivity index (χ1n) is 6.91. The predicted molar refractivity (Wildman–Crippen MR) is 72.2 cm³/mol. The van der Waals surface area contributed by atoms with Crippen LogP contribution in [0.1, 0.15) is 48.0 Å². The molecule has 0 bridgehead atoms. The first-order chi connectivity index (χ1) is 8.18. The molecule has 0 aromatic rings. The molecule has 3 heteroatoms. The van der Waals surface area contributed by atoms with Crippen LogP contribution in [0.5, 0.6) is 0 Å². The third-order valence-electron chi connectivity index (χ3n) is 4.57. The first kappa shape index (κ1) is 15.5. The summed E-state index contributed by atoms with van der Waals surface area (Å²) in [5.74, 6) is 0.480. The van der Waals surface area contributed by atoms with E-state index >= 15 is 0 Å². The lowest BCUT2D eigenvalue weighted by atomic mass is 9.75. The summed E-state index contributed by atoms with van der Waals surface area (Å²) in [6.45, 7) is 12.9. The van der Waals surface area contributed by atoms with Crippen LogP contribution in [-0.4, -0.2) is 25.3 Å². The summed E-state index contributed by atoms with van der Waals surface area (Å²) in [4.78, 5) is 11.8. The Hall–Kier alpha value is -0.570. The van der Waals surface area contributed by atoms with Crippen molar-refractivity contribution in [3.63, 3.8) is 0 Å². The zero-order valence-corrected chi connectivity index (χ0v) is 12.8. The molecule has 1 rings (SSSR count). The summed E-state index contributed by atoms with van der Waals surface area (Å²) in [6, 6.07) is 0. The van der Waals surface area contributed by atoms with Gasteiger partial charge in [-0.05, 0) is 24.7 Å². The molecule has 1 aliphatic rings. The van der Waals surface area contributed by atoms with Crippen molar-refractivity contribution < 1.29 is 14.3 Å². The van der Waals surface area contributed by atoms with Crippen LogP contribution >= 0.6 is 0 Å². The molecular formula is C15H28O3. The number of hydrogen-bond acceptors (Lipinski definition) is 3. The molecule has 1 fully saturated rings. The molecule has 1 heterocycles. The van der Waals surface area contributed by atoms with Gasteiger partial charge in [0.1, 0.15) is 6.10 Å². The number of carbonyl (C=O) groups is 1. The molecule has 18 heavy (non-hydrogen) atoms. The number of rotatable bonds is 3. The van der Waals surface area contributed by atoms with Crippen molar-refractivity contribution in [3.05, 3.63) is 0 Å². The molecule has 1 saturated heterocycles. The van der Waals surface area contributed by atoms with Gasteiger partial charge in [-0.15, -0.1) is 0 Å². The smallest absolute Gasteiger partial charge is 0.311 e. The average Bonchev–Trinajstić information content (AvgIpc) is 2.25. The maximum atomic E-state index is 11.8. The summed E-state index contributed by atoms with van der Waals surface area (Å²) in [5.41, 5.74) is 0.234. The van der Waals surface area contributed by atoms with Gasteiger partial charge >= 0.3 is 5.97 Å². The average molecular weight is 256 g/mol. The molecule has 106 valence electrons. The summed E-state index contributed by atoms with van der Waals surface area (Å²) in [7, 11) is 1.68. The second-order valence-corrected chi connectivity index (χ2v) is 6.83. The lowest BCUT2D eigenvalue weighted by Gasteiger charge is -2.40. The summed E-state index contributed by atoms with van der Waals surface area (Å²) < 4.78 is 11.1. The fourth-order valence-corrected chi connectivity index (χ4v) is 2.55. The minimum Gasteiger partial charge on any atom is -0.462 e. The van der Waals surface area contributed by atoms with E-state index in [1.165, 1.54) is 0 Å².